The first-order valence-electron chi connectivity index (χ1n) is 5.31. The number of nitrogens with zero attached hydrogens (tertiary/aromatic N) is 2. The minimum Gasteiger partial charge on any atom is -0.298 e. The van der Waals surface area contributed by atoms with Gasteiger partial charge in [0.2, 0.25) is 0 Å². The van der Waals surface area contributed by atoms with Crippen LogP contribution in [-0.4, -0.2) is 23.0 Å². The number of rotatable bonds is 4. The molecule has 0 N–H and O–H groups in total. The second-order valence-electron chi connectivity index (χ2n) is 4.37. The largest absolute Gasteiger partial charge is 0.298 e. The van der Waals surface area contributed by atoms with Crippen LogP contribution in [0.2, 0.25) is 5.02 Å². The SMILES string of the molecule is CC(C)C(C)N(C)Cc1cc(Cl)ccn1. The van der Waals surface area contributed by atoms with Crippen molar-refractivity contribution in [3.8, 4) is 0 Å². The highest BCUT2D eigenvalue weighted by Crippen LogP contribution is 2.13. The van der Waals surface area contributed by atoms with E-state index in [1.165, 1.54) is 0 Å². The topological polar surface area (TPSA) is 16.1 Å². The van der Waals surface area contributed by atoms with E-state index in [0.29, 0.717) is 12.0 Å². The fraction of sp³-hybridized carbons (Fsp3) is 0.583. The van der Waals surface area contributed by atoms with Crippen molar-refractivity contribution in [1.82, 2.24) is 9.88 Å². The third kappa shape index (κ3) is 3.80. The zero-order valence-corrected chi connectivity index (χ0v) is 10.6. The van der Waals surface area contributed by atoms with Gasteiger partial charge < -0.3 is 0 Å². The summed E-state index contributed by atoms with van der Waals surface area (Å²) in [4.78, 5) is 6.59. The van der Waals surface area contributed by atoms with Gasteiger partial charge in [-0.3, -0.25) is 9.88 Å². The highest BCUT2D eigenvalue weighted by molar-refractivity contribution is 6.30. The molecule has 0 bridgehead atoms. The zero-order chi connectivity index (χ0) is 11.4. The lowest BCUT2D eigenvalue weighted by Gasteiger charge is -2.27. The van der Waals surface area contributed by atoms with Gasteiger partial charge in [0.05, 0.1) is 5.69 Å². The maximum Gasteiger partial charge on any atom is 0.0558 e. The second-order valence-corrected chi connectivity index (χ2v) is 4.80. The summed E-state index contributed by atoms with van der Waals surface area (Å²) in [5, 5.41) is 0.755. The Bertz CT molecular complexity index is 312. The summed E-state index contributed by atoms with van der Waals surface area (Å²) < 4.78 is 0. The van der Waals surface area contributed by atoms with E-state index in [4.69, 9.17) is 11.6 Å². The molecular weight excluding hydrogens is 208 g/mol. The van der Waals surface area contributed by atoms with E-state index in [1.54, 1.807) is 12.3 Å². The summed E-state index contributed by atoms with van der Waals surface area (Å²) in [5.41, 5.74) is 1.03. The van der Waals surface area contributed by atoms with Crippen LogP contribution in [0.25, 0.3) is 0 Å². The van der Waals surface area contributed by atoms with Crippen molar-refractivity contribution in [3.63, 3.8) is 0 Å². The first-order valence-corrected chi connectivity index (χ1v) is 5.69. The molecule has 1 aromatic heterocycles. The van der Waals surface area contributed by atoms with Crippen molar-refractivity contribution in [2.45, 2.75) is 33.4 Å². The lowest BCUT2D eigenvalue weighted by molar-refractivity contribution is 0.198. The van der Waals surface area contributed by atoms with Gasteiger partial charge in [-0.15, -0.1) is 0 Å². The van der Waals surface area contributed by atoms with Crippen LogP contribution in [0.1, 0.15) is 26.5 Å². The Kier molecular flexibility index (Phi) is 4.55. The van der Waals surface area contributed by atoms with Crippen LogP contribution in [0.5, 0.6) is 0 Å². The van der Waals surface area contributed by atoms with Crippen LogP contribution in [-0.2, 0) is 6.54 Å². The third-order valence-corrected chi connectivity index (χ3v) is 3.09. The van der Waals surface area contributed by atoms with Crippen molar-refractivity contribution in [2.75, 3.05) is 7.05 Å². The van der Waals surface area contributed by atoms with Gasteiger partial charge in [0.15, 0.2) is 0 Å². The molecule has 0 aromatic carbocycles. The molecule has 1 unspecified atom stereocenters. The van der Waals surface area contributed by atoms with Crippen molar-refractivity contribution < 1.29 is 0 Å². The number of pyridine rings is 1. The van der Waals surface area contributed by atoms with Crippen molar-refractivity contribution >= 4 is 11.6 Å². The van der Waals surface area contributed by atoms with Gasteiger partial charge in [-0.25, -0.2) is 0 Å². The molecule has 15 heavy (non-hydrogen) atoms. The maximum atomic E-state index is 5.91. The van der Waals surface area contributed by atoms with Crippen LogP contribution >= 0.6 is 11.6 Å². The summed E-state index contributed by atoms with van der Waals surface area (Å²) in [7, 11) is 2.12. The number of hydrogen-bond acceptors (Lipinski definition) is 2. The Morgan fingerprint density at radius 2 is 2.07 bits per heavy atom. The van der Waals surface area contributed by atoms with Gasteiger partial charge >= 0.3 is 0 Å². The average molecular weight is 227 g/mol. The van der Waals surface area contributed by atoms with Gasteiger partial charge in [-0.2, -0.15) is 0 Å². The molecule has 1 rings (SSSR count). The molecule has 2 nitrogen and oxygen atoms in total. The van der Waals surface area contributed by atoms with E-state index in [-0.39, 0.29) is 0 Å². The highest BCUT2D eigenvalue weighted by atomic mass is 35.5. The Morgan fingerprint density at radius 3 is 2.60 bits per heavy atom. The van der Waals surface area contributed by atoms with E-state index in [0.717, 1.165) is 17.3 Å². The zero-order valence-electron chi connectivity index (χ0n) is 9.87. The lowest BCUT2D eigenvalue weighted by atomic mass is 10.1. The standard InChI is InChI=1S/C12H19ClN2/c1-9(2)10(3)15(4)8-12-7-11(13)5-6-14-12/h5-7,9-10H,8H2,1-4H3. The lowest BCUT2D eigenvalue weighted by Crippen LogP contribution is -2.32. The molecule has 84 valence electrons. The van der Waals surface area contributed by atoms with Crippen LogP contribution in [0.3, 0.4) is 0 Å². The van der Waals surface area contributed by atoms with E-state index in [1.807, 2.05) is 6.07 Å². The first-order chi connectivity index (χ1) is 7.00. The second kappa shape index (κ2) is 5.47. The molecule has 0 saturated carbocycles. The van der Waals surface area contributed by atoms with Gasteiger partial charge in [-0.05, 0) is 32.0 Å². The molecule has 1 aromatic rings. The average Bonchev–Trinajstić information content (AvgIpc) is 2.16. The predicted octanol–water partition coefficient (Wildman–Crippen LogP) is 3.21. The van der Waals surface area contributed by atoms with E-state index >= 15 is 0 Å². The molecule has 0 saturated heterocycles. The quantitative estimate of drug-likeness (QED) is 0.784. The van der Waals surface area contributed by atoms with E-state index < -0.39 is 0 Å². The minimum absolute atomic E-state index is 0.547. The predicted molar refractivity (Wildman–Crippen MR) is 65.0 cm³/mol. The molecule has 0 radical (unpaired) electrons. The monoisotopic (exact) mass is 226 g/mol. The Balaban J connectivity index is 2.62. The van der Waals surface area contributed by atoms with E-state index in [9.17, 15) is 0 Å². The summed E-state index contributed by atoms with van der Waals surface area (Å²) >= 11 is 5.91. The van der Waals surface area contributed by atoms with Crippen molar-refractivity contribution in [1.29, 1.82) is 0 Å². The Hall–Kier alpha value is -0.600. The molecule has 1 atom stereocenters. The first kappa shape index (κ1) is 12.5. The molecule has 0 spiro atoms. The highest BCUT2D eigenvalue weighted by Gasteiger charge is 2.13. The molecule has 0 fully saturated rings. The number of aromatic nitrogens is 1. The fourth-order valence-electron chi connectivity index (χ4n) is 1.44. The Labute approximate surface area is 97.3 Å². The van der Waals surface area contributed by atoms with Gasteiger partial charge in [-0.1, -0.05) is 25.4 Å². The Morgan fingerprint density at radius 1 is 1.40 bits per heavy atom. The summed E-state index contributed by atoms with van der Waals surface area (Å²) in [6, 6.07) is 4.27. The maximum absolute atomic E-state index is 5.91. The van der Waals surface area contributed by atoms with Crippen LogP contribution in [0.4, 0.5) is 0 Å². The molecule has 0 aliphatic rings. The molecule has 1 heterocycles. The number of hydrogen-bond donors (Lipinski definition) is 0. The summed E-state index contributed by atoms with van der Waals surface area (Å²) in [6.45, 7) is 7.54. The van der Waals surface area contributed by atoms with Crippen LogP contribution < -0.4 is 0 Å². The third-order valence-electron chi connectivity index (χ3n) is 2.85. The van der Waals surface area contributed by atoms with Gasteiger partial charge in [0.1, 0.15) is 0 Å². The normalized spacial score (nSPS) is 13.5. The minimum atomic E-state index is 0.547. The van der Waals surface area contributed by atoms with E-state index in [2.05, 4.69) is 37.7 Å². The molecular formula is C12H19ClN2. The van der Waals surface area contributed by atoms with Crippen LogP contribution in [0.15, 0.2) is 18.3 Å². The fourth-order valence-corrected chi connectivity index (χ4v) is 1.63. The number of halogens is 1. The van der Waals surface area contributed by atoms with Crippen molar-refractivity contribution in [3.05, 3.63) is 29.0 Å². The summed E-state index contributed by atoms with van der Waals surface area (Å²) in [5.74, 6) is 0.647. The van der Waals surface area contributed by atoms with Gasteiger partial charge in [0, 0.05) is 23.8 Å². The molecule has 0 aliphatic carbocycles. The molecule has 3 heteroatoms. The smallest absolute Gasteiger partial charge is 0.0558 e. The van der Waals surface area contributed by atoms with Crippen molar-refractivity contribution in [2.24, 2.45) is 5.92 Å². The summed E-state index contributed by atoms with van der Waals surface area (Å²) in [6.07, 6.45) is 1.76. The van der Waals surface area contributed by atoms with Gasteiger partial charge in [0.25, 0.3) is 0 Å². The molecule has 0 aliphatic heterocycles. The molecule has 0 amide bonds. The van der Waals surface area contributed by atoms with Crippen LogP contribution in [0, 0.1) is 5.92 Å².